The topological polar surface area (TPSA) is 38.7 Å². The van der Waals surface area contributed by atoms with E-state index in [4.69, 9.17) is 15.0 Å². The Morgan fingerprint density at radius 1 is 0.333 bits per heavy atom. The van der Waals surface area contributed by atoms with Crippen LogP contribution < -0.4 is 0 Å². The van der Waals surface area contributed by atoms with Crippen LogP contribution in [0.5, 0.6) is 0 Å². The molecule has 0 saturated carbocycles. The monoisotopic (exact) mass is 743 g/mol. The molecule has 0 atom stereocenters. The quantitative estimate of drug-likeness (QED) is 0.159. The first-order valence-electron chi connectivity index (χ1n) is 19.2. The van der Waals surface area contributed by atoms with Gasteiger partial charge in [-0.2, -0.15) is 0 Å². The second kappa shape index (κ2) is 13.8. The van der Waals surface area contributed by atoms with E-state index in [0.717, 1.165) is 56.0 Å². The van der Waals surface area contributed by atoms with Gasteiger partial charge in [0.2, 0.25) is 0 Å². The number of fused-ring (bicyclic) bond motifs is 7. The van der Waals surface area contributed by atoms with Crippen molar-refractivity contribution in [2.24, 2.45) is 0 Å². The highest BCUT2D eigenvalue weighted by Crippen LogP contribution is 2.48. The predicted octanol–water partition coefficient (Wildman–Crippen LogP) is 14.5. The fourth-order valence-corrected chi connectivity index (χ4v) is 9.35. The molecule has 0 bridgehead atoms. The Balaban J connectivity index is 1.02. The summed E-state index contributed by atoms with van der Waals surface area (Å²) < 4.78 is 2.58. The number of hydrogen-bond acceptors (Lipinski definition) is 4. The Morgan fingerprint density at radius 3 is 1.51 bits per heavy atom. The average Bonchev–Trinajstić information content (AvgIpc) is 3.69. The summed E-state index contributed by atoms with van der Waals surface area (Å²) in [4.78, 5) is 15.3. The molecule has 266 valence electrons. The molecule has 0 aliphatic rings. The molecule has 0 N–H and O–H groups in total. The zero-order chi connectivity index (χ0) is 37.7. The van der Waals surface area contributed by atoms with Crippen molar-refractivity contribution in [1.29, 1.82) is 0 Å². The zero-order valence-electron chi connectivity index (χ0n) is 30.8. The van der Waals surface area contributed by atoms with Gasteiger partial charge < -0.3 is 0 Å². The summed E-state index contributed by atoms with van der Waals surface area (Å²) in [5.41, 5.74) is 12.8. The maximum atomic E-state index is 5.30. The van der Waals surface area contributed by atoms with E-state index >= 15 is 0 Å². The molecule has 4 heteroatoms. The average molecular weight is 744 g/mol. The van der Waals surface area contributed by atoms with E-state index in [9.17, 15) is 0 Å². The summed E-state index contributed by atoms with van der Waals surface area (Å²) in [5, 5.41) is 6.20. The number of para-hydroxylation sites is 1. The normalized spacial score (nSPS) is 11.5. The molecule has 11 rings (SSSR count). The maximum absolute atomic E-state index is 5.30. The van der Waals surface area contributed by atoms with Crippen LogP contribution in [0.3, 0.4) is 0 Å². The standard InChI is InChI=1S/C53H33N3S/c1-4-14-37(15-5-1)46-33-47(56-53(55-46)40-18-8-3-9-19-40)38-30-26-35(27-31-38)34-24-28-36(29-25-34)43-32-44-49(50-42-21-11-13-23-48(42)57-52(43)50)41-20-10-12-22-45(41)54-51(44)39-16-6-2-7-17-39/h1-33H. The number of benzene rings is 8. The lowest BCUT2D eigenvalue weighted by atomic mass is 9.91. The SMILES string of the molecule is c1ccc(-c2cc(-c3ccc(-c4ccc(-c5cc6c(-c7ccccc7)nc7ccccc7c6c6c5sc5ccccc56)cc4)cc3)nc(-c3ccccc3)n2)cc1. The molecule has 0 radical (unpaired) electrons. The predicted molar refractivity (Wildman–Crippen MR) is 240 cm³/mol. The van der Waals surface area contributed by atoms with Crippen molar-refractivity contribution < 1.29 is 0 Å². The Bertz CT molecular complexity index is 3190. The van der Waals surface area contributed by atoms with E-state index in [0.29, 0.717) is 5.82 Å². The molecule has 0 aliphatic heterocycles. The fraction of sp³-hybridized carbons (Fsp3) is 0. The first-order chi connectivity index (χ1) is 28.2. The molecule has 11 aromatic rings. The minimum Gasteiger partial charge on any atom is -0.247 e. The van der Waals surface area contributed by atoms with Gasteiger partial charge in [-0.3, -0.25) is 0 Å². The molecule has 0 aliphatic carbocycles. The van der Waals surface area contributed by atoms with Gasteiger partial charge in [0, 0.05) is 64.1 Å². The Morgan fingerprint density at radius 2 is 0.842 bits per heavy atom. The van der Waals surface area contributed by atoms with Gasteiger partial charge in [-0.25, -0.2) is 15.0 Å². The third kappa shape index (κ3) is 5.86. The molecule has 3 aromatic heterocycles. The van der Waals surface area contributed by atoms with Gasteiger partial charge in [-0.15, -0.1) is 11.3 Å². The third-order valence-corrected chi connectivity index (χ3v) is 12.1. The fourth-order valence-electron chi connectivity index (χ4n) is 8.10. The van der Waals surface area contributed by atoms with E-state index < -0.39 is 0 Å². The summed E-state index contributed by atoms with van der Waals surface area (Å²) in [6, 6.07) is 70.7. The van der Waals surface area contributed by atoms with Gasteiger partial charge in [0.1, 0.15) is 0 Å². The van der Waals surface area contributed by atoms with Gasteiger partial charge >= 0.3 is 0 Å². The van der Waals surface area contributed by atoms with Crippen LogP contribution in [0.25, 0.3) is 109 Å². The third-order valence-electron chi connectivity index (χ3n) is 10.9. The molecule has 3 nitrogen and oxygen atoms in total. The largest absolute Gasteiger partial charge is 0.247 e. The van der Waals surface area contributed by atoms with Crippen LogP contribution in [-0.2, 0) is 0 Å². The van der Waals surface area contributed by atoms with E-state index in [-0.39, 0.29) is 0 Å². The van der Waals surface area contributed by atoms with Crippen LogP contribution in [0.4, 0.5) is 0 Å². The van der Waals surface area contributed by atoms with Gasteiger partial charge in [-0.1, -0.05) is 176 Å². The van der Waals surface area contributed by atoms with Gasteiger partial charge in [0.25, 0.3) is 0 Å². The van der Waals surface area contributed by atoms with E-state index in [1.807, 2.05) is 47.7 Å². The van der Waals surface area contributed by atoms with Crippen LogP contribution >= 0.6 is 11.3 Å². The van der Waals surface area contributed by atoms with Crippen molar-refractivity contribution in [1.82, 2.24) is 15.0 Å². The minimum absolute atomic E-state index is 0.716. The Labute approximate surface area is 334 Å². The molecule has 0 saturated heterocycles. The highest BCUT2D eigenvalue weighted by molar-refractivity contribution is 7.26. The van der Waals surface area contributed by atoms with E-state index in [1.54, 1.807) is 0 Å². The van der Waals surface area contributed by atoms with Crippen molar-refractivity contribution in [2.75, 3.05) is 0 Å². The Kier molecular flexibility index (Phi) is 8.01. The number of nitrogens with zero attached hydrogens (tertiary/aromatic N) is 3. The second-order valence-corrected chi connectivity index (χ2v) is 15.4. The molecule has 8 aromatic carbocycles. The van der Waals surface area contributed by atoms with Crippen molar-refractivity contribution in [3.8, 4) is 67.4 Å². The number of pyridine rings is 1. The van der Waals surface area contributed by atoms with Gasteiger partial charge in [-0.05, 0) is 41.0 Å². The van der Waals surface area contributed by atoms with E-state index in [2.05, 4.69) is 164 Å². The first kappa shape index (κ1) is 33.1. The number of hydrogen-bond donors (Lipinski definition) is 0. The van der Waals surface area contributed by atoms with E-state index in [1.165, 1.54) is 47.5 Å². The second-order valence-electron chi connectivity index (χ2n) is 14.3. The van der Waals surface area contributed by atoms with Crippen molar-refractivity contribution in [3.63, 3.8) is 0 Å². The van der Waals surface area contributed by atoms with Crippen molar-refractivity contribution in [3.05, 3.63) is 200 Å². The van der Waals surface area contributed by atoms with Gasteiger partial charge in [0.05, 0.1) is 22.6 Å². The summed E-state index contributed by atoms with van der Waals surface area (Å²) in [7, 11) is 0. The number of aromatic nitrogens is 3. The summed E-state index contributed by atoms with van der Waals surface area (Å²) in [5.74, 6) is 0.716. The molecule has 0 amide bonds. The highest BCUT2D eigenvalue weighted by atomic mass is 32.1. The van der Waals surface area contributed by atoms with Crippen LogP contribution in [0.1, 0.15) is 0 Å². The lowest BCUT2D eigenvalue weighted by Gasteiger charge is -2.15. The van der Waals surface area contributed by atoms with Crippen molar-refractivity contribution in [2.45, 2.75) is 0 Å². The van der Waals surface area contributed by atoms with Crippen LogP contribution in [0.2, 0.25) is 0 Å². The highest BCUT2D eigenvalue weighted by Gasteiger charge is 2.20. The molecule has 0 spiro atoms. The number of rotatable bonds is 6. The summed E-state index contributed by atoms with van der Waals surface area (Å²) >= 11 is 1.88. The molecular weight excluding hydrogens is 711 g/mol. The van der Waals surface area contributed by atoms with Crippen molar-refractivity contribution >= 4 is 53.2 Å². The minimum atomic E-state index is 0.716. The van der Waals surface area contributed by atoms with Crippen LogP contribution in [0.15, 0.2) is 200 Å². The molecule has 0 fully saturated rings. The first-order valence-corrected chi connectivity index (χ1v) is 20.0. The molecule has 0 unspecified atom stereocenters. The summed E-state index contributed by atoms with van der Waals surface area (Å²) in [6.45, 7) is 0. The lowest BCUT2D eigenvalue weighted by molar-refractivity contribution is 1.18. The molecule has 3 heterocycles. The smallest absolute Gasteiger partial charge is 0.160 e. The Hall–Kier alpha value is -7.27. The summed E-state index contributed by atoms with van der Waals surface area (Å²) in [6.07, 6.45) is 0. The van der Waals surface area contributed by atoms with Crippen LogP contribution in [0, 0.1) is 0 Å². The molecular formula is C53H33N3S. The van der Waals surface area contributed by atoms with Crippen LogP contribution in [-0.4, -0.2) is 15.0 Å². The molecule has 57 heavy (non-hydrogen) atoms. The zero-order valence-corrected chi connectivity index (χ0v) is 31.6. The maximum Gasteiger partial charge on any atom is 0.160 e. The lowest BCUT2D eigenvalue weighted by Crippen LogP contribution is -1.95. The number of thiophene rings is 1. The van der Waals surface area contributed by atoms with Gasteiger partial charge in [0.15, 0.2) is 5.82 Å².